The lowest BCUT2D eigenvalue weighted by Gasteiger charge is -2.24. The van der Waals surface area contributed by atoms with E-state index in [2.05, 4.69) is 11.4 Å². The fourth-order valence-corrected chi connectivity index (χ4v) is 3.18. The summed E-state index contributed by atoms with van der Waals surface area (Å²) in [5.74, 6) is -0.241. The Morgan fingerprint density at radius 1 is 1.35 bits per heavy atom. The van der Waals surface area contributed by atoms with Crippen molar-refractivity contribution in [1.82, 2.24) is 5.32 Å². The highest BCUT2D eigenvalue weighted by molar-refractivity contribution is 7.89. The predicted octanol–water partition coefficient (Wildman–Crippen LogP) is 0.901. The lowest BCUT2D eigenvalue weighted by atomic mass is 9.82. The van der Waals surface area contributed by atoms with Crippen LogP contribution in [-0.4, -0.2) is 26.6 Å². The van der Waals surface area contributed by atoms with Gasteiger partial charge in [-0.1, -0.05) is 24.3 Å². The molecular formula is C14H20N2O3S. The molecule has 0 aliphatic heterocycles. The Hall–Kier alpha value is -1.40. The topological polar surface area (TPSA) is 89.3 Å². The van der Waals surface area contributed by atoms with Crippen LogP contribution in [0.15, 0.2) is 24.3 Å². The Bertz CT molecular complexity index is 584. The molecule has 3 N–H and O–H groups in total. The van der Waals surface area contributed by atoms with Gasteiger partial charge in [0.15, 0.2) is 0 Å². The van der Waals surface area contributed by atoms with Gasteiger partial charge in [0.1, 0.15) is 0 Å². The lowest BCUT2D eigenvalue weighted by molar-refractivity contribution is -0.122. The molecule has 1 aliphatic carbocycles. The Morgan fingerprint density at radius 2 is 2.10 bits per heavy atom. The summed E-state index contributed by atoms with van der Waals surface area (Å²) in [4.78, 5) is 12.2. The number of amides is 1. The van der Waals surface area contributed by atoms with E-state index in [0.717, 1.165) is 24.8 Å². The van der Waals surface area contributed by atoms with Crippen molar-refractivity contribution in [3.63, 3.8) is 0 Å². The number of sulfonamides is 1. The minimum absolute atomic E-state index is 0.0217. The van der Waals surface area contributed by atoms with Crippen molar-refractivity contribution in [2.24, 2.45) is 5.14 Å². The first-order valence-corrected chi connectivity index (χ1v) is 8.55. The standard InChI is InChI=1S/C14H20N2O3S/c15-20(18,19)10-4-9-16-14(17)13-8-3-6-11-5-1-2-7-12(11)13/h1-2,5,7,13H,3-4,6,8-10H2,(H,16,17)(H2,15,18,19). The number of nitrogens with two attached hydrogens (primary N) is 1. The molecule has 2 rings (SSSR count). The number of nitrogens with one attached hydrogen (secondary N) is 1. The molecule has 6 heteroatoms. The Labute approximate surface area is 119 Å². The Morgan fingerprint density at radius 3 is 2.85 bits per heavy atom. The molecular weight excluding hydrogens is 276 g/mol. The van der Waals surface area contributed by atoms with Gasteiger partial charge >= 0.3 is 0 Å². The van der Waals surface area contributed by atoms with Crippen molar-refractivity contribution in [3.05, 3.63) is 35.4 Å². The van der Waals surface area contributed by atoms with Crippen molar-refractivity contribution in [2.75, 3.05) is 12.3 Å². The Balaban J connectivity index is 1.91. The van der Waals surface area contributed by atoms with Crippen molar-refractivity contribution in [3.8, 4) is 0 Å². The van der Waals surface area contributed by atoms with Gasteiger partial charge in [-0.2, -0.15) is 0 Å². The number of hydrogen-bond acceptors (Lipinski definition) is 3. The van der Waals surface area contributed by atoms with E-state index in [0.29, 0.717) is 13.0 Å². The number of fused-ring (bicyclic) bond motifs is 1. The highest BCUT2D eigenvalue weighted by atomic mass is 32.2. The third kappa shape index (κ3) is 4.05. The molecule has 1 amide bonds. The van der Waals surface area contributed by atoms with Crippen LogP contribution in [0.3, 0.4) is 0 Å². The van der Waals surface area contributed by atoms with E-state index in [-0.39, 0.29) is 17.6 Å². The highest BCUT2D eigenvalue weighted by Gasteiger charge is 2.25. The van der Waals surface area contributed by atoms with E-state index in [4.69, 9.17) is 5.14 Å². The smallest absolute Gasteiger partial charge is 0.227 e. The molecule has 1 unspecified atom stereocenters. The highest BCUT2D eigenvalue weighted by Crippen LogP contribution is 2.31. The van der Waals surface area contributed by atoms with Crippen LogP contribution in [0, 0.1) is 0 Å². The van der Waals surface area contributed by atoms with Crippen molar-refractivity contribution in [2.45, 2.75) is 31.6 Å². The van der Waals surface area contributed by atoms with Gasteiger partial charge in [0.05, 0.1) is 11.7 Å². The zero-order chi connectivity index (χ0) is 14.6. The number of benzene rings is 1. The monoisotopic (exact) mass is 296 g/mol. The molecule has 0 spiro atoms. The molecule has 20 heavy (non-hydrogen) atoms. The third-order valence-corrected chi connectivity index (χ3v) is 4.45. The normalized spacial score (nSPS) is 18.4. The van der Waals surface area contributed by atoms with Crippen LogP contribution in [0.5, 0.6) is 0 Å². The first-order valence-electron chi connectivity index (χ1n) is 6.83. The zero-order valence-corrected chi connectivity index (χ0v) is 12.2. The first-order chi connectivity index (χ1) is 9.47. The molecule has 0 fully saturated rings. The number of rotatable bonds is 5. The van der Waals surface area contributed by atoms with Gasteiger partial charge in [-0.3, -0.25) is 4.79 Å². The second-order valence-corrected chi connectivity index (χ2v) is 6.89. The Kier molecular flexibility index (Phi) is 4.77. The summed E-state index contributed by atoms with van der Waals surface area (Å²) in [5, 5.41) is 7.72. The van der Waals surface area contributed by atoms with Gasteiger partial charge in [0.2, 0.25) is 15.9 Å². The minimum Gasteiger partial charge on any atom is -0.356 e. The summed E-state index contributed by atoms with van der Waals surface area (Å²) < 4.78 is 21.6. The number of aryl methyl sites for hydroxylation is 1. The number of primary sulfonamides is 1. The lowest BCUT2D eigenvalue weighted by Crippen LogP contribution is -2.33. The number of carbonyl (C=O) groups is 1. The second-order valence-electron chi connectivity index (χ2n) is 5.16. The molecule has 0 radical (unpaired) electrons. The summed E-state index contributed by atoms with van der Waals surface area (Å²) in [6.07, 6.45) is 3.22. The van der Waals surface area contributed by atoms with Crippen LogP contribution >= 0.6 is 0 Å². The van der Waals surface area contributed by atoms with Crippen molar-refractivity contribution in [1.29, 1.82) is 0 Å². The van der Waals surface area contributed by atoms with Crippen LogP contribution in [0.1, 0.15) is 36.3 Å². The maximum atomic E-state index is 12.2. The number of hydrogen-bond donors (Lipinski definition) is 2. The quantitative estimate of drug-likeness (QED) is 0.791. The van der Waals surface area contributed by atoms with E-state index in [1.807, 2.05) is 18.2 Å². The van der Waals surface area contributed by atoms with E-state index in [1.54, 1.807) is 0 Å². The van der Waals surface area contributed by atoms with Crippen LogP contribution in [0.4, 0.5) is 0 Å². The SMILES string of the molecule is NS(=O)(=O)CCCNC(=O)C1CCCc2ccccc21. The molecule has 0 saturated carbocycles. The van der Waals surface area contributed by atoms with Crippen LogP contribution < -0.4 is 10.5 Å². The number of carbonyl (C=O) groups excluding carboxylic acids is 1. The molecule has 1 aromatic carbocycles. The zero-order valence-electron chi connectivity index (χ0n) is 11.3. The average molecular weight is 296 g/mol. The summed E-state index contributed by atoms with van der Waals surface area (Å²) >= 11 is 0. The average Bonchev–Trinajstić information content (AvgIpc) is 2.41. The maximum Gasteiger partial charge on any atom is 0.227 e. The molecule has 5 nitrogen and oxygen atoms in total. The molecule has 110 valence electrons. The molecule has 0 aromatic heterocycles. The fraction of sp³-hybridized carbons (Fsp3) is 0.500. The molecule has 1 aliphatic rings. The van der Waals surface area contributed by atoms with Gasteiger partial charge < -0.3 is 5.32 Å². The van der Waals surface area contributed by atoms with Crippen LogP contribution in [0.2, 0.25) is 0 Å². The van der Waals surface area contributed by atoms with Gasteiger partial charge in [-0.15, -0.1) is 0 Å². The van der Waals surface area contributed by atoms with Crippen LogP contribution in [-0.2, 0) is 21.2 Å². The molecule has 0 heterocycles. The molecule has 0 saturated heterocycles. The summed E-state index contributed by atoms with van der Waals surface area (Å²) in [6.45, 7) is 0.341. The van der Waals surface area contributed by atoms with E-state index in [1.165, 1.54) is 5.56 Å². The largest absolute Gasteiger partial charge is 0.356 e. The van der Waals surface area contributed by atoms with Gasteiger partial charge in [0.25, 0.3) is 0 Å². The molecule has 0 bridgehead atoms. The second kappa shape index (κ2) is 6.37. The van der Waals surface area contributed by atoms with E-state index >= 15 is 0 Å². The fourth-order valence-electron chi connectivity index (χ4n) is 2.63. The van der Waals surface area contributed by atoms with Crippen LogP contribution in [0.25, 0.3) is 0 Å². The maximum absolute atomic E-state index is 12.2. The minimum atomic E-state index is -3.45. The molecule has 1 atom stereocenters. The first kappa shape index (κ1) is 15.0. The summed E-state index contributed by atoms with van der Waals surface area (Å²) in [6, 6.07) is 8.01. The van der Waals surface area contributed by atoms with E-state index < -0.39 is 10.0 Å². The van der Waals surface area contributed by atoms with Crippen molar-refractivity contribution < 1.29 is 13.2 Å². The van der Waals surface area contributed by atoms with Crippen molar-refractivity contribution >= 4 is 15.9 Å². The van der Waals surface area contributed by atoms with E-state index in [9.17, 15) is 13.2 Å². The summed E-state index contributed by atoms with van der Waals surface area (Å²) in [5.41, 5.74) is 2.34. The predicted molar refractivity (Wildman–Crippen MR) is 77.7 cm³/mol. The van der Waals surface area contributed by atoms with Gasteiger partial charge in [-0.25, -0.2) is 13.6 Å². The molecule has 1 aromatic rings. The summed E-state index contributed by atoms with van der Waals surface area (Å²) in [7, 11) is -3.45. The third-order valence-electron chi connectivity index (χ3n) is 3.59. The van der Waals surface area contributed by atoms with Gasteiger partial charge in [-0.05, 0) is 36.8 Å². The van der Waals surface area contributed by atoms with Gasteiger partial charge in [0, 0.05) is 6.54 Å².